The molecule has 347 valence electrons. The number of furan rings is 1. The van der Waals surface area contributed by atoms with Gasteiger partial charge in [0.25, 0.3) is 0 Å². The van der Waals surface area contributed by atoms with Crippen molar-refractivity contribution in [3.63, 3.8) is 0 Å². The number of nitrogens with zero attached hydrogens (tertiary/aromatic N) is 4. The number of imidazole rings is 1. The summed E-state index contributed by atoms with van der Waals surface area (Å²) in [5, 5.41) is 1.51. The number of hydrogen-bond donors (Lipinski definition) is 0. The van der Waals surface area contributed by atoms with Crippen molar-refractivity contribution in [3.8, 4) is 73.0 Å². The van der Waals surface area contributed by atoms with Crippen LogP contribution in [-0.2, 0) is 20.1 Å². The van der Waals surface area contributed by atoms with Crippen molar-refractivity contribution in [1.82, 2.24) is 19.5 Å². The van der Waals surface area contributed by atoms with Crippen LogP contribution < -0.4 is 4.40 Å². The Balaban J connectivity index is 0.000000292. The summed E-state index contributed by atoms with van der Waals surface area (Å²) >= 11 is -1.72. The first kappa shape index (κ1) is 47.1. The Morgan fingerprint density at radius 3 is 1.87 bits per heavy atom. The number of pyridine rings is 2. The van der Waals surface area contributed by atoms with E-state index in [1.807, 2.05) is 128 Å². The minimum Gasteiger partial charge on any atom is 0 e. The molecule has 71 heavy (non-hydrogen) atoms. The van der Waals surface area contributed by atoms with E-state index in [9.17, 15) is 8.78 Å². The molecule has 1 radical (unpaired) electrons. The molecule has 0 N–H and O–H groups in total. The number of aromatic nitrogens is 4. The zero-order valence-corrected chi connectivity index (χ0v) is 43.5. The van der Waals surface area contributed by atoms with Crippen LogP contribution >= 0.6 is 0 Å². The van der Waals surface area contributed by atoms with Gasteiger partial charge in [-0.2, -0.15) is 0 Å². The van der Waals surface area contributed by atoms with Gasteiger partial charge in [-0.1, -0.05) is 132 Å². The summed E-state index contributed by atoms with van der Waals surface area (Å²) in [6.45, 7) is 0. The Bertz CT molecular complexity index is 3800. The third kappa shape index (κ3) is 9.30. The van der Waals surface area contributed by atoms with E-state index in [4.69, 9.17) is 14.4 Å². The van der Waals surface area contributed by atoms with Crippen molar-refractivity contribution in [2.45, 2.75) is 17.3 Å². The van der Waals surface area contributed by atoms with Crippen LogP contribution in [0, 0.1) is 23.8 Å². The third-order valence-electron chi connectivity index (χ3n) is 12.5. The SMILES string of the molecule is Fc1cccc(F)c1-c1ccc2c(n1)oc1c(-c3nc4ccccc4n3-c3ccc(-c4ccccc4)cc3-c3ccccc3)[c-]cc(-c3ccccc3)c12.[CH3][Ge]([CH3])([CH3])[c]1ccc(-c2[c-]cccc2)nc1.[Ir]. The topological polar surface area (TPSA) is 56.7 Å². The van der Waals surface area contributed by atoms with Gasteiger partial charge in [0.2, 0.25) is 5.71 Å². The van der Waals surface area contributed by atoms with E-state index in [0.29, 0.717) is 22.4 Å². The van der Waals surface area contributed by atoms with Crippen LogP contribution in [-0.4, -0.2) is 32.8 Å². The molecule has 0 aliphatic rings. The number of benzene rings is 8. The summed E-state index contributed by atoms with van der Waals surface area (Å²) in [5.41, 5.74) is 12.2. The number of fused-ring (bicyclic) bond motifs is 4. The van der Waals surface area contributed by atoms with E-state index >= 15 is 0 Å². The van der Waals surface area contributed by atoms with Crippen LogP contribution in [0.3, 0.4) is 0 Å². The number of halogens is 2. The normalized spacial score (nSPS) is 11.3. The molecule has 0 saturated carbocycles. The van der Waals surface area contributed by atoms with Gasteiger partial charge in [0.05, 0.1) is 33.7 Å². The van der Waals surface area contributed by atoms with E-state index < -0.39 is 24.9 Å². The van der Waals surface area contributed by atoms with Gasteiger partial charge in [-0.15, -0.1) is 12.1 Å². The van der Waals surface area contributed by atoms with Crippen LogP contribution in [0.15, 0.2) is 217 Å². The first-order chi connectivity index (χ1) is 34.2. The third-order valence-corrected chi connectivity index (χ3v) is 16.8. The second-order valence-corrected chi connectivity index (χ2v) is 28.7. The molecule has 5 nitrogen and oxygen atoms in total. The zero-order valence-electron chi connectivity index (χ0n) is 39.0. The summed E-state index contributed by atoms with van der Waals surface area (Å²) in [4.78, 5) is 14.5. The molecule has 9 heteroatoms. The minimum atomic E-state index is -1.72. The summed E-state index contributed by atoms with van der Waals surface area (Å²) in [6.07, 6.45) is 2.04. The first-order valence-corrected chi connectivity index (χ1v) is 30.5. The van der Waals surface area contributed by atoms with Gasteiger partial charge in [-0.3, -0.25) is 4.98 Å². The maximum atomic E-state index is 15.0. The number of hydrogen-bond acceptors (Lipinski definition) is 4. The fourth-order valence-electron chi connectivity index (χ4n) is 8.97. The molecule has 0 bridgehead atoms. The van der Waals surface area contributed by atoms with Crippen LogP contribution in [0.25, 0.3) is 106 Å². The first-order valence-electron chi connectivity index (χ1n) is 23.1. The van der Waals surface area contributed by atoms with Gasteiger partial charge in [0.1, 0.15) is 11.6 Å². The zero-order chi connectivity index (χ0) is 47.8. The monoisotopic (exact) mass is 1170 g/mol. The molecule has 0 spiro atoms. The van der Waals surface area contributed by atoms with Crippen LogP contribution in [0.1, 0.15) is 0 Å². The van der Waals surface area contributed by atoms with Gasteiger partial charge in [-0.25, -0.2) is 13.8 Å². The minimum absolute atomic E-state index is 0. The molecule has 0 aliphatic heterocycles. The second kappa shape index (κ2) is 20.0. The quantitative estimate of drug-likeness (QED) is 0.112. The van der Waals surface area contributed by atoms with E-state index in [0.717, 1.165) is 66.7 Å². The molecule has 0 amide bonds. The van der Waals surface area contributed by atoms with Crippen molar-refractivity contribution >= 4 is 50.8 Å². The summed E-state index contributed by atoms with van der Waals surface area (Å²) in [7, 11) is 0. The molecule has 4 heterocycles. The molecule has 0 fully saturated rings. The molecule has 4 aromatic heterocycles. The van der Waals surface area contributed by atoms with Crippen molar-refractivity contribution in [3.05, 3.63) is 236 Å². The van der Waals surface area contributed by atoms with Crippen molar-refractivity contribution < 1.29 is 33.3 Å². The van der Waals surface area contributed by atoms with E-state index in [1.165, 1.54) is 22.6 Å². The van der Waals surface area contributed by atoms with E-state index in [-0.39, 0.29) is 37.1 Å². The van der Waals surface area contributed by atoms with Gasteiger partial charge < -0.3 is 8.98 Å². The standard InChI is InChI=1S/C48H28F2N3O.C14H16GeN.Ir/c49-38-19-12-20-39(50)45(38)41-27-26-35-44-34(31-15-6-2-7-16-31)24-25-36(46(44)54-48(35)52-41)47-51-40-21-10-11-22-43(40)53(47)42-28-23-33(30-13-4-1-5-14-30)29-37(42)32-17-8-3-9-18-32;1-15(2,3)13-9-10-14(16-11-13)12-7-5-4-6-8-12;/h1-24,26-29H;4-7,9-11H,1-3H3;/q2*-1;. The molecule has 0 saturated heterocycles. The van der Waals surface area contributed by atoms with Crippen LogP contribution in [0.2, 0.25) is 17.3 Å². The predicted octanol–water partition coefficient (Wildman–Crippen LogP) is 15.8. The molecule has 0 unspecified atom stereocenters. The molecular formula is C62H44F2GeIrN4O-2. The van der Waals surface area contributed by atoms with Crippen molar-refractivity contribution in [2.24, 2.45) is 0 Å². The van der Waals surface area contributed by atoms with E-state index in [2.05, 4.69) is 99.6 Å². The van der Waals surface area contributed by atoms with Crippen molar-refractivity contribution in [2.75, 3.05) is 0 Å². The average molecular weight is 1160 g/mol. The van der Waals surface area contributed by atoms with Gasteiger partial charge in [-0.05, 0) is 70.6 Å². The smallest absolute Gasteiger partial charge is 0 e. The maximum Gasteiger partial charge on any atom is 0 e. The molecule has 0 aliphatic carbocycles. The molecule has 12 aromatic rings. The second-order valence-electron chi connectivity index (χ2n) is 18.1. The maximum absolute atomic E-state index is 15.0. The summed E-state index contributed by atoms with van der Waals surface area (Å²) in [6, 6.07) is 73.5. The number of rotatable bonds is 8. The fourth-order valence-corrected chi connectivity index (χ4v) is 11.1. The molecular weight excluding hydrogens is 1120 g/mol. The van der Waals surface area contributed by atoms with Crippen LogP contribution in [0.5, 0.6) is 0 Å². The fraction of sp³-hybridized carbons (Fsp3) is 0.0484. The molecule has 0 atom stereocenters. The summed E-state index contributed by atoms with van der Waals surface area (Å²) < 4.78 is 40.2. The van der Waals surface area contributed by atoms with E-state index in [1.54, 1.807) is 6.07 Å². The van der Waals surface area contributed by atoms with Crippen molar-refractivity contribution in [1.29, 1.82) is 0 Å². The Labute approximate surface area is 427 Å². The largest absolute Gasteiger partial charge is 0 e. The Hall–Kier alpha value is -7.62. The average Bonchev–Trinajstić information content (AvgIpc) is 3.98. The predicted molar refractivity (Wildman–Crippen MR) is 284 cm³/mol. The Morgan fingerprint density at radius 1 is 0.563 bits per heavy atom. The van der Waals surface area contributed by atoms with Gasteiger partial charge in [0, 0.05) is 36.7 Å². The van der Waals surface area contributed by atoms with Gasteiger partial charge >= 0.3 is 99.8 Å². The van der Waals surface area contributed by atoms with Gasteiger partial charge in [0.15, 0.2) is 0 Å². The van der Waals surface area contributed by atoms with Crippen LogP contribution in [0.4, 0.5) is 8.78 Å². The summed E-state index contributed by atoms with van der Waals surface area (Å²) in [5.74, 6) is 6.38. The molecule has 12 rings (SSSR count). The Morgan fingerprint density at radius 2 is 1.21 bits per heavy atom. The molecule has 8 aromatic carbocycles. The Kier molecular flexibility index (Phi) is 13.3. The number of para-hydroxylation sites is 2.